The van der Waals surface area contributed by atoms with E-state index in [2.05, 4.69) is 26.4 Å². The van der Waals surface area contributed by atoms with Crippen LogP contribution in [0.15, 0.2) is 67.1 Å². The SMILES string of the molecule is C.C.CSC.Cc1c[c-]n(-c2ccccn2)n1.Cc1ccn(-c2ccccn2)n1.[Ir]. The number of pyridine rings is 2. The monoisotopic (exact) mass is 604 g/mol. The molecule has 4 aromatic heterocycles. The molecule has 0 unspecified atom stereocenters. The van der Waals surface area contributed by atoms with Crippen molar-refractivity contribution in [1.82, 2.24) is 29.5 Å². The van der Waals surface area contributed by atoms with Crippen LogP contribution in [-0.4, -0.2) is 42.0 Å². The summed E-state index contributed by atoms with van der Waals surface area (Å²) in [5.41, 5.74) is 1.95. The van der Waals surface area contributed by atoms with Crippen LogP contribution in [0.2, 0.25) is 0 Å². The van der Waals surface area contributed by atoms with Crippen molar-refractivity contribution >= 4 is 11.8 Å². The molecule has 165 valence electrons. The Labute approximate surface area is 198 Å². The Morgan fingerprint density at radius 2 is 1.37 bits per heavy atom. The van der Waals surface area contributed by atoms with Crippen LogP contribution in [0.4, 0.5) is 0 Å². The van der Waals surface area contributed by atoms with Crippen LogP contribution >= 0.6 is 11.8 Å². The zero-order valence-corrected chi connectivity index (χ0v) is 19.5. The third-order valence-corrected chi connectivity index (χ3v) is 3.13. The molecule has 0 aliphatic heterocycles. The van der Waals surface area contributed by atoms with Crippen molar-refractivity contribution in [3.8, 4) is 11.6 Å². The summed E-state index contributed by atoms with van der Waals surface area (Å²) in [6.07, 6.45) is 12.4. The van der Waals surface area contributed by atoms with Crippen LogP contribution in [0.1, 0.15) is 26.2 Å². The van der Waals surface area contributed by atoms with Crippen molar-refractivity contribution in [1.29, 1.82) is 0 Å². The van der Waals surface area contributed by atoms with Crippen LogP contribution in [0.3, 0.4) is 0 Å². The Balaban J connectivity index is 0. The molecule has 0 fully saturated rings. The fourth-order valence-electron chi connectivity index (χ4n) is 2.00. The van der Waals surface area contributed by atoms with E-state index in [9.17, 15) is 0 Å². The van der Waals surface area contributed by atoms with Gasteiger partial charge in [-0.25, -0.2) is 9.67 Å². The van der Waals surface area contributed by atoms with Crippen molar-refractivity contribution in [2.45, 2.75) is 28.7 Å². The van der Waals surface area contributed by atoms with Crippen LogP contribution in [0.25, 0.3) is 11.6 Å². The van der Waals surface area contributed by atoms with Crippen molar-refractivity contribution in [2.75, 3.05) is 12.5 Å². The first-order valence-electron chi connectivity index (χ1n) is 8.33. The summed E-state index contributed by atoms with van der Waals surface area (Å²) in [4.78, 5) is 8.29. The van der Waals surface area contributed by atoms with E-state index >= 15 is 0 Å². The smallest absolute Gasteiger partial charge is 0.153 e. The quantitative estimate of drug-likeness (QED) is 0.295. The molecule has 0 saturated carbocycles. The van der Waals surface area contributed by atoms with Gasteiger partial charge in [0.05, 0.1) is 11.5 Å². The Morgan fingerprint density at radius 1 is 0.800 bits per heavy atom. The molecule has 0 saturated heterocycles. The number of nitrogens with zero attached hydrogens (tertiary/aromatic N) is 6. The van der Waals surface area contributed by atoms with Gasteiger partial charge in [-0.05, 0) is 49.4 Å². The number of rotatable bonds is 2. The summed E-state index contributed by atoms with van der Waals surface area (Å²) in [5.74, 6) is 1.65. The molecule has 0 amide bonds. The minimum absolute atomic E-state index is 0. The molecule has 0 N–H and O–H groups in total. The first-order valence-corrected chi connectivity index (χ1v) is 9.97. The third kappa shape index (κ3) is 9.96. The molecular weight excluding hydrogens is 573 g/mol. The van der Waals surface area contributed by atoms with Crippen LogP contribution in [0.5, 0.6) is 0 Å². The maximum absolute atomic E-state index is 4.24. The maximum Gasteiger partial charge on any atom is 0.153 e. The molecule has 0 aliphatic carbocycles. The normalized spacial score (nSPS) is 8.67. The zero-order valence-electron chi connectivity index (χ0n) is 16.3. The number of hydrogen-bond acceptors (Lipinski definition) is 5. The Morgan fingerprint density at radius 3 is 1.77 bits per heavy atom. The van der Waals surface area contributed by atoms with Gasteiger partial charge in [0.1, 0.15) is 0 Å². The molecule has 8 heteroatoms. The summed E-state index contributed by atoms with van der Waals surface area (Å²) in [6, 6.07) is 15.2. The summed E-state index contributed by atoms with van der Waals surface area (Å²) in [6.45, 7) is 3.88. The topological polar surface area (TPSA) is 61.4 Å². The van der Waals surface area contributed by atoms with Crippen molar-refractivity contribution in [3.63, 3.8) is 0 Å². The van der Waals surface area contributed by atoms with E-state index in [4.69, 9.17) is 0 Å². The summed E-state index contributed by atoms with van der Waals surface area (Å²) >= 11 is 1.75. The van der Waals surface area contributed by atoms with Gasteiger partial charge >= 0.3 is 0 Å². The zero-order chi connectivity index (χ0) is 19.5. The molecule has 6 nitrogen and oxygen atoms in total. The second kappa shape index (κ2) is 16.5. The maximum atomic E-state index is 4.24. The minimum atomic E-state index is 0. The predicted molar refractivity (Wildman–Crippen MR) is 124 cm³/mol. The molecule has 0 aromatic carbocycles. The second-order valence-electron chi connectivity index (χ2n) is 5.51. The predicted octanol–water partition coefficient (Wildman–Crippen LogP) is 5.20. The molecule has 0 spiro atoms. The Hall–Kier alpha value is -2.28. The largest absolute Gasteiger partial charge is 0.343 e. The second-order valence-corrected chi connectivity index (χ2v) is 6.33. The van der Waals surface area contributed by atoms with Crippen LogP contribution < -0.4 is 0 Å². The van der Waals surface area contributed by atoms with Crippen molar-refractivity contribution in [3.05, 3.63) is 84.7 Å². The van der Waals surface area contributed by atoms with Gasteiger partial charge in [0.15, 0.2) is 5.82 Å². The third-order valence-electron chi connectivity index (χ3n) is 3.13. The molecule has 4 rings (SSSR count). The Kier molecular flexibility index (Phi) is 16.5. The first kappa shape index (κ1) is 29.9. The number of thioether (sulfide) groups is 1. The summed E-state index contributed by atoms with van der Waals surface area (Å²) in [7, 11) is 0. The van der Waals surface area contributed by atoms with Crippen molar-refractivity contribution in [2.24, 2.45) is 0 Å². The molecule has 1 radical (unpaired) electrons. The molecule has 0 bridgehead atoms. The average Bonchev–Trinajstić information content (AvgIpc) is 3.33. The first-order chi connectivity index (χ1) is 13.1. The molecule has 0 atom stereocenters. The van der Waals surface area contributed by atoms with E-state index in [1.54, 1.807) is 33.5 Å². The van der Waals surface area contributed by atoms with Crippen LogP contribution in [0, 0.1) is 20.0 Å². The molecule has 4 heterocycles. The van der Waals surface area contributed by atoms with E-state index in [0.29, 0.717) is 0 Å². The molecule has 0 aliphatic rings. The van der Waals surface area contributed by atoms with Gasteiger partial charge in [-0.1, -0.05) is 46.2 Å². The van der Waals surface area contributed by atoms with Gasteiger partial charge in [-0.2, -0.15) is 16.9 Å². The molecular formula is C22H31IrN6S-. The fraction of sp³-hybridized carbons (Fsp3) is 0.273. The van der Waals surface area contributed by atoms with Gasteiger partial charge in [0, 0.05) is 38.7 Å². The average molecular weight is 604 g/mol. The van der Waals surface area contributed by atoms with Crippen LogP contribution in [-0.2, 0) is 20.1 Å². The van der Waals surface area contributed by atoms with Gasteiger partial charge < -0.3 is 9.67 Å². The van der Waals surface area contributed by atoms with E-state index in [-0.39, 0.29) is 35.0 Å². The molecule has 4 aromatic rings. The summed E-state index contributed by atoms with van der Waals surface area (Å²) in [5, 5.41) is 8.41. The van der Waals surface area contributed by atoms with E-state index in [1.165, 1.54) is 0 Å². The van der Waals surface area contributed by atoms with Gasteiger partial charge in [0.2, 0.25) is 0 Å². The van der Waals surface area contributed by atoms with E-state index < -0.39 is 0 Å². The van der Waals surface area contributed by atoms with Gasteiger partial charge in [0.25, 0.3) is 0 Å². The van der Waals surface area contributed by atoms with Crippen molar-refractivity contribution < 1.29 is 20.1 Å². The van der Waals surface area contributed by atoms with Gasteiger partial charge in [-0.3, -0.25) is 5.10 Å². The number of aryl methyl sites for hydroxylation is 2. The van der Waals surface area contributed by atoms with E-state index in [0.717, 1.165) is 23.0 Å². The Bertz CT molecular complexity index is 834. The van der Waals surface area contributed by atoms with E-state index in [1.807, 2.05) is 81.1 Å². The number of aromatic nitrogens is 6. The standard InChI is InChI=1S/C9H9N3.C9H8N3.C2H6S.2CH4.Ir/c2*1-8-5-7-12(11-8)9-4-2-3-6-10-9;1-3-2;;;/h2-7H,1H3;2-6H,1H3;1-2H3;2*1H4;/q;-1;;;;. The molecule has 30 heavy (non-hydrogen) atoms. The number of hydrogen-bond donors (Lipinski definition) is 0. The fourth-order valence-corrected chi connectivity index (χ4v) is 2.00. The summed E-state index contributed by atoms with van der Waals surface area (Å²) < 4.78 is 3.39. The van der Waals surface area contributed by atoms with Gasteiger partial charge in [-0.15, -0.1) is 6.07 Å². The minimum Gasteiger partial charge on any atom is -0.343 e.